The van der Waals surface area contributed by atoms with E-state index in [0.717, 1.165) is 6.20 Å². The summed E-state index contributed by atoms with van der Waals surface area (Å²) < 4.78 is 5.42. The Morgan fingerprint density at radius 1 is 1.48 bits per heavy atom. The van der Waals surface area contributed by atoms with Gasteiger partial charge >= 0.3 is 0 Å². The summed E-state index contributed by atoms with van der Waals surface area (Å²) in [7, 11) is 0. The smallest absolute Gasteiger partial charge is 0.287 e. The summed E-state index contributed by atoms with van der Waals surface area (Å²) in [6.45, 7) is 5.92. The minimum Gasteiger partial charge on any atom is -0.504 e. The number of pyridine rings is 1. The third-order valence-corrected chi connectivity index (χ3v) is 3.19. The summed E-state index contributed by atoms with van der Waals surface area (Å²) in [6, 6.07) is 6.23. The molecule has 0 aliphatic carbocycles. The first kappa shape index (κ1) is 17.9. The molecule has 0 saturated heterocycles. The molecule has 0 fully saturated rings. The van der Waals surface area contributed by atoms with Crippen molar-refractivity contribution in [2.45, 2.75) is 13.3 Å². The molecule has 0 atom stereocenters. The standard InChI is InChI=1S/C17H18N4O4/c1-3-5-13-8-12(9-15(17(13)22)25-4-2)10-19-20-16-7-6-14(11-18-16)21(23)24/h3,6-11,22H,1,4-5H2,2H3,(H,18,20)/b19-10-. The average Bonchev–Trinajstić information content (AvgIpc) is 2.59. The number of nitrogens with zero attached hydrogens (tertiary/aromatic N) is 3. The van der Waals surface area contributed by atoms with Gasteiger partial charge in [-0.2, -0.15) is 5.10 Å². The number of aromatic hydroxyl groups is 1. The number of nitrogens with one attached hydrogen (secondary N) is 1. The van der Waals surface area contributed by atoms with Crippen LogP contribution in [0.1, 0.15) is 18.1 Å². The van der Waals surface area contributed by atoms with Crippen molar-refractivity contribution in [3.63, 3.8) is 0 Å². The van der Waals surface area contributed by atoms with Crippen LogP contribution in [0.3, 0.4) is 0 Å². The van der Waals surface area contributed by atoms with Gasteiger partial charge in [-0.25, -0.2) is 4.98 Å². The zero-order valence-electron chi connectivity index (χ0n) is 13.7. The topological polar surface area (TPSA) is 110 Å². The number of hydrogen-bond acceptors (Lipinski definition) is 7. The molecule has 0 radical (unpaired) electrons. The molecule has 0 unspecified atom stereocenters. The molecule has 2 rings (SSSR count). The van der Waals surface area contributed by atoms with Gasteiger partial charge in [0.2, 0.25) is 0 Å². The summed E-state index contributed by atoms with van der Waals surface area (Å²) >= 11 is 0. The Kier molecular flexibility index (Phi) is 6.05. The predicted octanol–water partition coefficient (Wildman–Crippen LogP) is 3.27. The van der Waals surface area contributed by atoms with E-state index in [0.29, 0.717) is 35.7 Å². The fraction of sp³-hybridized carbons (Fsp3) is 0.176. The lowest BCUT2D eigenvalue weighted by Crippen LogP contribution is -1.98. The van der Waals surface area contributed by atoms with E-state index in [-0.39, 0.29) is 11.4 Å². The Bertz CT molecular complexity index is 788. The SMILES string of the molecule is C=CCc1cc(/C=N\Nc2ccc([N+](=O)[O-])cn2)cc(OCC)c1O. The molecular formula is C17H18N4O4. The molecule has 130 valence electrons. The summed E-state index contributed by atoms with van der Waals surface area (Å²) in [5, 5.41) is 24.8. The number of hydrogen-bond donors (Lipinski definition) is 2. The Morgan fingerprint density at radius 3 is 2.88 bits per heavy atom. The van der Waals surface area contributed by atoms with Gasteiger partial charge in [0.15, 0.2) is 11.5 Å². The maximum Gasteiger partial charge on any atom is 0.287 e. The lowest BCUT2D eigenvalue weighted by Gasteiger charge is -2.10. The number of ether oxygens (including phenoxy) is 1. The van der Waals surface area contributed by atoms with Crippen LogP contribution in [0.5, 0.6) is 11.5 Å². The molecule has 1 aromatic carbocycles. The van der Waals surface area contributed by atoms with Crippen LogP contribution in [0.4, 0.5) is 11.5 Å². The zero-order valence-corrected chi connectivity index (χ0v) is 13.7. The van der Waals surface area contributed by atoms with Crippen LogP contribution in [0.2, 0.25) is 0 Å². The van der Waals surface area contributed by atoms with Gasteiger partial charge in [-0.05, 0) is 37.1 Å². The molecule has 2 aromatic rings. The molecule has 1 aromatic heterocycles. The summed E-state index contributed by atoms with van der Waals surface area (Å²) in [4.78, 5) is 14.0. The van der Waals surface area contributed by atoms with Gasteiger partial charge in [-0.15, -0.1) is 6.58 Å². The minimum absolute atomic E-state index is 0.0869. The van der Waals surface area contributed by atoms with Crippen molar-refractivity contribution >= 4 is 17.7 Å². The lowest BCUT2D eigenvalue weighted by atomic mass is 10.1. The van der Waals surface area contributed by atoms with E-state index in [1.807, 2.05) is 6.92 Å². The van der Waals surface area contributed by atoms with Crippen LogP contribution in [-0.2, 0) is 6.42 Å². The Labute approximate surface area is 144 Å². The van der Waals surface area contributed by atoms with Gasteiger partial charge in [-0.3, -0.25) is 15.5 Å². The second kappa shape index (κ2) is 8.44. The van der Waals surface area contributed by atoms with E-state index in [1.54, 1.807) is 18.2 Å². The first-order valence-electron chi connectivity index (χ1n) is 7.54. The van der Waals surface area contributed by atoms with Crippen molar-refractivity contribution in [1.82, 2.24) is 4.98 Å². The molecule has 1 heterocycles. The summed E-state index contributed by atoms with van der Waals surface area (Å²) in [5.74, 6) is 0.831. The van der Waals surface area contributed by atoms with E-state index in [1.165, 1.54) is 18.3 Å². The highest BCUT2D eigenvalue weighted by atomic mass is 16.6. The minimum atomic E-state index is -0.521. The van der Waals surface area contributed by atoms with Gasteiger partial charge in [0.05, 0.1) is 17.7 Å². The highest BCUT2D eigenvalue weighted by Gasteiger charge is 2.09. The lowest BCUT2D eigenvalue weighted by molar-refractivity contribution is -0.385. The van der Waals surface area contributed by atoms with E-state index in [2.05, 4.69) is 22.1 Å². The first-order valence-corrected chi connectivity index (χ1v) is 7.54. The molecule has 8 nitrogen and oxygen atoms in total. The van der Waals surface area contributed by atoms with Crippen LogP contribution in [-0.4, -0.2) is 27.8 Å². The number of nitro groups is 1. The largest absolute Gasteiger partial charge is 0.504 e. The monoisotopic (exact) mass is 342 g/mol. The third kappa shape index (κ3) is 4.77. The molecule has 0 amide bonds. The van der Waals surface area contributed by atoms with Crippen LogP contribution < -0.4 is 10.2 Å². The fourth-order valence-corrected chi connectivity index (χ4v) is 2.07. The number of aromatic nitrogens is 1. The molecule has 2 N–H and O–H groups in total. The maximum atomic E-state index is 10.6. The van der Waals surface area contributed by atoms with Gasteiger partial charge in [-0.1, -0.05) is 6.08 Å². The maximum absolute atomic E-state index is 10.6. The predicted molar refractivity (Wildman–Crippen MR) is 95.3 cm³/mol. The Morgan fingerprint density at radius 2 is 2.28 bits per heavy atom. The van der Waals surface area contributed by atoms with Crippen LogP contribution in [0, 0.1) is 10.1 Å². The fourth-order valence-electron chi connectivity index (χ4n) is 2.07. The van der Waals surface area contributed by atoms with Crippen LogP contribution in [0.15, 0.2) is 48.2 Å². The molecule has 25 heavy (non-hydrogen) atoms. The van der Waals surface area contributed by atoms with E-state index >= 15 is 0 Å². The van der Waals surface area contributed by atoms with Gasteiger partial charge in [0, 0.05) is 11.6 Å². The number of phenols is 1. The highest BCUT2D eigenvalue weighted by molar-refractivity contribution is 5.82. The van der Waals surface area contributed by atoms with Crippen LogP contribution in [0.25, 0.3) is 0 Å². The van der Waals surface area contributed by atoms with Crippen molar-refractivity contribution in [1.29, 1.82) is 0 Å². The van der Waals surface area contributed by atoms with Crippen molar-refractivity contribution < 1.29 is 14.8 Å². The summed E-state index contributed by atoms with van der Waals surface area (Å²) in [6.07, 6.45) is 4.86. The summed E-state index contributed by atoms with van der Waals surface area (Å²) in [5.41, 5.74) is 3.99. The van der Waals surface area contributed by atoms with E-state index in [4.69, 9.17) is 4.74 Å². The molecule has 8 heteroatoms. The molecule has 0 bridgehead atoms. The highest BCUT2D eigenvalue weighted by Crippen LogP contribution is 2.32. The van der Waals surface area contributed by atoms with Crippen molar-refractivity contribution in [3.05, 3.63) is 64.4 Å². The van der Waals surface area contributed by atoms with Crippen molar-refractivity contribution in [2.75, 3.05) is 12.0 Å². The number of rotatable bonds is 8. The number of anilines is 1. The normalized spacial score (nSPS) is 10.6. The number of phenolic OH excluding ortho intramolecular Hbond substituents is 1. The number of allylic oxidation sites excluding steroid dienone is 1. The van der Waals surface area contributed by atoms with Crippen molar-refractivity contribution in [3.8, 4) is 11.5 Å². The van der Waals surface area contributed by atoms with E-state index < -0.39 is 4.92 Å². The number of benzene rings is 1. The molecule has 0 spiro atoms. The Hall–Kier alpha value is -3.42. The molecular weight excluding hydrogens is 324 g/mol. The van der Waals surface area contributed by atoms with Gasteiger partial charge in [0.25, 0.3) is 5.69 Å². The van der Waals surface area contributed by atoms with E-state index in [9.17, 15) is 15.2 Å². The molecule has 0 aliphatic heterocycles. The van der Waals surface area contributed by atoms with Crippen LogP contribution >= 0.6 is 0 Å². The zero-order chi connectivity index (χ0) is 18.2. The third-order valence-electron chi connectivity index (χ3n) is 3.19. The van der Waals surface area contributed by atoms with Gasteiger partial charge in [0.1, 0.15) is 12.0 Å². The molecule has 0 saturated carbocycles. The second-order valence-electron chi connectivity index (χ2n) is 4.98. The first-order chi connectivity index (χ1) is 12.0. The number of hydrazone groups is 1. The molecule has 0 aliphatic rings. The van der Waals surface area contributed by atoms with Gasteiger partial charge < -0.3 is 9.84 Å². The Balaban J connectivity index is 2.16. The second-order valence-corrected chi connectivity index (χ2v) is 4.98. The average molecular weight is 342 g/mol. The van der Waals surface area contributed by atoms with Crippen molar-refractivity contribution in [2.24, 2.45) is 5.10 Å². The quantitative estimate of drug-likeness (QED) is 0.330.